The van der Waals surface area contributed by atoms with E-state index in [9.17, 15) is 19.8 Å². The molecule has 2 aromatic rings. The zero-order valence-electron chi connectivity index (χ0n) is 26.7. The van der Waals surface area contributed by atoms with Gasteiger partial charge in [0.2, 0.25) is 5.91 Å². The van der Waals surface area contributed by atoms with E-state index in [1.807, 2.05) is 17.0 Å². The smallest absolute Gasteiger partial charge is 0.253 e. The number of carbonyl (C=O) groups is 2. The topological polar surface area (TPSA) is 89.9 Å². The molecular formula is C37H51FN2O4. The highest BCUT2D eigenvalue weighted by atomic mass is 19.1. The Morgan fingerprint density at radius 1 is 1.02 bits per heavy atom. The molecule has 6 nitrogen and oxygen atoms in total. The van der Waals surface area contributed by atoms with Crippen LogP contribution in [0, 0.1) is 23.2 Å². The van der Waals surface area contributed by atoms with Gasteiger partial charge in [0.05, 0.1) is 6.10 Å². The van der Waals surface area contributed by atoms with Gasteiger partial charge in [0.15, 0.2) is 0 Å². The minimum Gasteiger partial charge on any atom is -0.508 e. The molecule has 0 aliphatic heterocycles. The van der Waals surface area contributed by atoms with Crippen LogP contribution in [0.4, 0.5) is 10.1 Å². The molecule has 0 heterocycles. The third-order valence-electron chi connectivity index (χ3n) is 11.0. The van der Waals surface area contributed by atoms with Gasteiger partial charge in [-0.25, -0.2) is 4.39 Å². The number of aliphatic hydroxyl groups is 1. The normalized spacial score (nSPS) is 28.9. The number of alkyl halides is 1. The second-order valence-corrected chi connectivity index (χ2v) is 14.0. The molecule has 0 radical (unpaired) electrons. The zero-order valence-corrected chi connectivity index (χ0v) is 26.7. The second-order valence-electron chi connectivity index (χ2n) is 14.0. The lowest BCUT2D eigenvalue weighted by atomic mass is 9.51. The summed E-state index contributed by atoms with van der Waals surface area (Å²) in [6.07, 6.45) is 8.54. The second kappa shape index (κ2) is 14.0. The number of aromatic hydroxyl groups is 1. The first-order valence-corrected chi connectivity index (χ1v) is 16.9. The fourth-order valence-electron chi connectivity index (χ4n) is 8.87. The molecule has 3 N–H and O–H groups in total. The first kappa shape index (κ1) is 32.5. The molecule has 5 rings (SSSR count). The number of rotatable bonds is 12. The van der Waals surface area contributed by atoms with Gasteiger partial charge in [-0.15, -0.1) is 0 Å². The summed E-state index contributed by atoms with van der Waals surface area (Å²) in [7, 11) is 0. The summed E-state index contributed by atoms with van der Waals surface area (Å²) in [5.41, 5.74) is 3.03. The van der Waals surface area contributed by atoms with Gasteiger partial charge in [-0.2, -0.15) is 0 Å². The van der Waals surface area contributed by atoms with Gasteiger partial charge in [-0.05, 0) is 116 Å². The highest BCUT2D eigenvalue weighted by Gasteiger charge is 2.59. The Morgan fingerprint density at radius 3 is 2.45 bits per heavy atom. The molecule has 2 amide bonds. The lowest BCUT2D eigenvalue weighted by Gasteiger charge is -2.54. The summed E-state index contributed by atoms with van der Waals surface area (Å²) in [5.74, 6) is 0.653. The summed E-state index contributed by atoms with van der Waals surface area (Å²) in [6.45, 7) is 7.14. The molecule has 3 aliphatic rings. The molecule has 240 valence electrons. The van der Waals surface area contributed by atoms with Gasteiger partial charge in [-0.1, -0.05) is 45.6 Å². The van der Waals surface area contributed by atoms with Crippen LogP contribution in [0.5, 0.6) is 5.75 Å². The number of amides is 2. The van der Waals surface area contributed by atoms with Crippen molar-refractivity contribution in [3.05, 3.63) is 59.2 Å². The monoisotopic (exact) mass is 606 g/mol. The van der Waals surface area contributed by atoms with Crippen LogP contribution >= 0.6 is 0 Å². The van der Waals surface area contributed by atoms with E-state index in [-0.39, 0.29) is 40.7 Å². The van der Waals surface area contributed by atoms with Crippen LogP contribution in [-0.4, -0.2) is 52.3 Å². The Hall–Kier alpha value is -2.93. The van der Waals surface area contributed by atoms with Gasteiger partial charge >= 0.3 is 0 Å². The van der Waals surface area contributed by atoms with E-state index in [2.05, 4.69) is 19.2 Å². The largest absolute Gasteiger partial charge is 0.508 e. The predicted octanol–water partition coefficient (Wildman–Crippen LogP) is 7.63. The van der Waals surface area contributed by atoms with Crippen molar-refractivity contribution < 1.29 is 24.2 Å². The van der Waals surface area contributed by atoms with Crippen LogP contribution in [0.3, 0.4) is 0 Å². The molecule has 3 aliphatic carbocycles. The third-order valence-corrected chi connectivity index (χ3v) is 11.0. The first-order chi connectivity index (χ1) is 21.1. The number of unbranched alkanes of at least 4 members (excludes halogenated alkanes) is 4. The van der Waals surface area contributed by atoms with Crippen LogP contribution in [0.25, 0.3) is 0 Å². The molecule has 0 bridgehead atoms. The standard InChI is InChI=1S/C37H51FN2O4/c1-4-5-6-8-19-40(36(44)25-11-13-28(14-12-25)39-24(2)41)20-9-7-10-26-21-27-22-29(42)15-16-30(27)35-32(38)23-37(3)31(34(26)35)17-18-33(37)43/h11-16,22,26,31-35,42-43H,4-10,17-21,23H2,1-3H3,(H,39,41)/t26?,31?,32-,33-,34?,35?,37?/m0/s1. The van der Waals surface area contributed by atoms with Crippen molar-refractivity contribution in [1.82, 2.24) is 4.90 Å². The molecule has 0 aromatic heterocycles. The number of hydrogen-bond acceptors (Lipinski definition) is 4. The molecular weight excluding hydrogens is 555 g/mol. The predicted molar refractivity (Wildman–Crippen MR) is 173 cm³/mol. The van der Waals surface area contributed by atoms with E-state index >= 15 is 4.39 Å². The average molecular weight is 607 g/mol. The van der Waals surface area contributed by atoms with E-state index < -0.39 is 12.3 Å². The fraction of sp³-hybridized carbons (Fsp3) is 0.622. The van der Waals surface area contributed by atoms with E-state index in [1.54, 1.807) is 30.3 Å². The van der Waals surface area contributed by atoms with E-state index in [1.165, 1.54) is 6.92 Å². The van der Waals surface area contributed by atoms with E-state index in [0.717, 1.165) is 81.9 Å². The summed E-state index contributed by atoms with van der Waals surface area (Å²) in [4.78, 5) is 26.9. The summed E-state index contributed by atoms with van der Waals surface area (Å²) >= 11 is 0. The van der Waals surface area contributed by atoms with Crippen molar-refractivity contribution in [2.24, 2.45) is 23.2 Å². The number of fused-ring (bicyclic) bond motifs is 5. The van der Waals surface area contributed by atoms with Crippen molar-refractivity contribution in [1.29, 1.82) is 0 Å². The highest BCUT2D eigenvalue weighted by molar-refractivity contribution is 5.95. The molecule has 44 heavy (non-hydrogen) atoms. The summed E-state index contributed by atoms with van der Waals surface area (Å²) < 4.78 is 16.1. The quantitative estimate of drug-likeness (QED) is 0.217. The minimum absolute atomic E-state index is 0.0151. The Balaban J connectivity index is 1.28. The summed E-state index contributed by atoms with van der Waals surface area (Å²) in [6, 6.07) is 12.6. The number of nitrogens with one attached hydrogen (secondary N) is 1. The van der Waals surface area contributed by atoms with Crippen LogP contribution < -0.4 is 5.32 Å². The van der Waals surface area contributed by atoms with Crippen LogP contribution in [0.1, 0.15) is 112 Å². The van der Waals surface area contributed by atoms with Gasteiger partial charge in [0.1, 0.15) is 11.9 Å². The molecule has 2 saturated carbocycles. The van der Waals surface area contributed by atoms with Gasteiger partial charge in [-0.3, -0.25) is 9.59 Å². The van der Waals surface area contributed by atoms with E-state index in [4.69, 9.17) is 0 Å². The number of nitrogens with zero attached hydrogens (tertiary/aromatic N) is 1. The molecule has 5 unspecified atom stereocenters. The van der Waals surface area contributed by atoms with Crippen molar-refractivity contribution in [3.63, 3.8) is 0 Å². The maximum atomic E-state index is 16.1. The van der Waals surface area contributed by atoms with Crippen molar-refractivity contribution in [2.75, 3.05) is 18.4 Å². The SMILES string of the molecule is CCCCCCN(CCCCC1Cc2cc(O)ccc2C2C1C1CC[C@H](O)C1(C)C[C@@H]2F)C(=O)c1ccc(NC(C)=O)cc1. The number of phenolic OH excluding ortho intramolecular Hbond substituents is 1. The number of hydrogen-bond donors (Lipinski definition) is 3. The van der Waals surface area contributed by atoms with Gasteiger partial charge in [0.25, 0.3) is 5.91 Å². The Kier molecular flexibility index (Phi) is 10.3. The van der Waals surface area contributed by atoms with Crippen molar-refractivity contribution in [3.8, 4) is 5.75 Å². The Labute approximate surface area is 262 Å². The van der Waals surface area contributed by atoms with Crippen LogP contribution in [-0.2, 0) is 11.2 Å². The number of phenols is 1. The summed E-state index contributed by atoms with van der Waals surface area (Å²) in [5, 5.41) is 23.9. The number of carbonyl (C=O) groups excluding carboxylic acids is 2. The average Bonchev–Trinajstić information content (AvgIpc) is 3.28. The molecule has 0 spiro atoms. The van der Waals surface area contributed by atoms with Crippen molar-refractivity contribution >= 4 is 17.5 Å². The van der Waals surface area contributed by atoms with Gasteiger partial charge in [0, 0.05) is 37.2 Å². The number of halogens is 1. The maximum Gasteiger partial charge on any atom is 0.253 e. The molecule has 2 fully saturated rings. The third kappa shape index (κ3) is 6.83. The van der Waals surface area contributed by atoms with Crippen molar-refractivity contribution in [2.45, 2.75) is 110 Å². The maximum absolute atomic E-state index is 16.1. The Morgan fingerprint density at radius 2 is 1.75 bits per heavy atom. The van der Waals surface area contributed by atoms with Crippen LogP contribution in [0.15, 0.2) is 42.5 Å². The van der Waals surface area contributed by atoms with E-state index in [0.29, 0.717) is 30.1 Å². The van der Waals surface area contributed by atoms with Crippen LogP contribution in [0.2, 0.25) is 0 Å². The highest BCUT2D eigenvalue weighted by Crippen LogP contribution is 2.63. The molecule has 0 saturated heterocycles. The lowest BCUT2D eigenvalue weighted by molar-refractivity contribution is -0.114. The molecule has 2 aromatic carbocycles. The minimum atomic E-state index is -1.01. The molecule has 7 atom stereocenters. The lowest BCUT2D eigenvalue weighted by Crippen LogP contribution is -2.51. The fourth-order valence-corrected chi connectivity index (χ4v) is 8.87. The number of anilines is 1. The zero-order chi connectivity index (χ0) is 31.4. The molecule has 7 heteroatoms. The number of benzene rings is 2. The van der Waals surface area contributed by atoms with Gasteiger partial charge < -0.3 is 20.4 Å². The first-order valence-electron chi connectivity index (χ1n) is 16.9. The Bertz CT molecular complexity index is 1300. The number of aliphatic hydroxyl groups excluding tert-OH is 1.